The van der Waals surface area contributed by atoms with Gasteiger partial charge in [-0.2, -0.15) is 0 Å². The summed E-state index contributed by atoms with van der Waals surface area (Å²) < 4.78 is 17.5. The highest BCUT2D eigenvalue weighted by molar-refractivity contribution is 5.22. The number of para-hydroxylation sites is 1. The molecule has 5 heteroatoms. The summed E-state index contributed by atoms with van der Waals surface area (Å²) in [7, 11) is 0. The predicted octanol–water partition coefficient (Wildman–Crippen LogP) is 1.71. The van der Waals surface area contributed by atoms with Gasteiger partial charge in [0, 0.05) is 6.54 Å². The number of nitrogens with one attached hydrogen (secondary N) is 1. The minimum Gasteiger partial charge on any atom is -0.482 e. The average molecular weight is 327 g/mol. The zero-order valence-corrected chi connectivity index (χ0v) is 13.2. The average Bonchev–Trinajstić information content (AvgIpc) is 3.06. The maximum absolute atomic E-state index is 10.8. The number of ether oxygens (including phenoxy) is 3. The maximum atomic E-state index is 10.8. The van der Waals surface area contributed by atoms with Crippen LogP contribution in [0, 0.1) is 0 Å². The molecule has 0 aromatic heterocycles. The molecular formula is C19H21NO4. The lowest BCUT2D eigenvalue weighted by Crippen LogP contribution is -2.61. The topological polar surface area (TPSA) is 60.0 Å². The van der Waals surface area contributed by atoms with Crippen molar-refractivity contribution in [2.75, 3.05) is 6.61 Å². The SMILES string of the molecule is O[C@H]1[C@@H](NCc2ccccc2)[C@@H]2CO[C@H](O2)[C@@H]1Oc1ccccc1. The summed E-state index contributed by atoms with van der Waals surface area (Å²) in [5.41, 5.74) is 1.16. The second kappa shape index (κ2) is 6.91. The number of hydrogen-bond acceptors (Lipinski definition) is 5. The van der Waals surface area contributed by atoms with Crippen LogP contribution in [0.25, 0.3) is 0 Å². The lowest BCUT2D eigenvalue weighted by molar-refractivity contribution is -0.193. The van der Waals surface area contributed by atoms with Crippen LogP contribution in [-0.2, 0) is 16.0 Å². The molecule has 2 saturated heterocycles. The highest BCUT2D eigenvalue weighted by Crippen LogP contribution is 2.31. The van der Waals surface area contributed by atoms with E-state index in [0.29, 0.717) is 18.9 Å². The fourth-order valence-electron chi connectivity index (χ4n) is 3.25. The molecule has 5 nitrogen and oxygen atoms in total. The minimum absolute atomic E-state index is 0.163. The van der Waals surface area contributed by atoms with Crippen molar-refractivity contribution >= 4 is 0 Å². The molecule has 4 rings (SSSR count). The third-order valence-electron chi connectivity index (χ3n) is 4.51. The molecule has 0 spiro atoms. The molecule has 2 aliphatic heterocycles. The Kier molecular flexibility index (Phi) is 4.49. The first kappa shape index (κ1) is 15.6. The number of benzene rings is 2. The van der Waals surface area contributed by atoms with Crippen molar-refractivity contribution in [3.63, 3.8) is 0 Å². The molecule has 0 unspecified atom stereocenters. The van der Waals surface area contributed by atoms with Crippen LogP contribution >= 0.6 is 0 Å². The first-order valence-corrected chi connectivity index (χ1v) is 8.25. The summed E-state index contributed by atoms with van der Waals surface area (Å²) >= 11 is 0. The van der Waals surface area contributed by atoms with Gasteiger partial charge in [-0.05, 0) is 17.7 Å². The normalized spacial score (nSPS) is 31.8. The molecule has 2 heterocycles. The van der Waals surface area contributed by atoms with Crippen LogP contribution in [0.2, 0.25) is 0 Å². The molecule has 5 atom stereocenters. The fraction of sp³-hybridized carbons (Fsp3) is 0.368. The van der Waals surface area contributed by atoms with Gasteiger partial charge in [-0.25, -0.2) is 0 Å². The van der Waals surface area contributed by atoms with Crippen molar-refractivity contribution < 1.29 is 19.3 Å². The molecule has 0 aliphatic carbocycles. The predicted molar refractivity (Wildman–Crippen MR) is 88.5 cm³/mol. The van der Waals surface area contributed by atoms with Crippen molar-refractivity contribution in [3.05, 3.63) is 66.2 Å². The van der Waals surface area contributed by atoms with Gasteiger partial charge in [0.05, 0.1) is 12.6 Å². The van der Waals surface area contributed by atoms with Gasteiger partial charge in [-0.3, -0.25) is 0 Å². The lowest BCUT2D eigenvalue weighted by atomic mass is 9.97. The van der Waals surface area contributed by atoms with Gasteiger partial charge < -0.3 is 24.6 Å². The van der Waals surface area contributed by atoms with E-state index in [0.717, 1.165) is 5.56 Å². The molecule has 2 N–H and O–H groups in total. The van der Waals surface area contributed by atoms with Crippen molar-refractivity contribution in [2.45, 2.75) is 37.2 Å². The number of fused-ring (bicyclic) bond motifs is 2. The van der Waals surface area contributed by atoms with E-state index in [1.165, 1.54) is 0 Å². The Labute approximate surface area is 141 Å². The van der Waals surface area contributed by atoms with E-state index in [9.17, 15) is 5.11 Å². The van der Waals surface area contributed by atoms with E-state index in [1.54, 1.807) is 0 Å². The molecule has 0 radical (unpaired) electrons. The molecule has 24 heavy (non-hydrogen) atoms. The maximum Gasteiger partial charge on any atom is 0.197 e. The molecule has 126 valence electrons. The lowest BCUT2D eigenvalue weighted by Gasteiger charge is -2.38. The minimum atomic E-state index is -0.708. The highest BCUT2D eigenvalue weighted by atomic mass is 16.7. The van der Waals surface area contributed by atoms with Crippen molar-refractivity contribution in [1.82, 2.24) is 5.32 Å². The van der Waals surface area contributed by atoms with Crippen LogP contribution < -0.4 is 10.1 Å². The van der Waals surface area contributed by atoms with Gasteiger partial charge in [0.2, 0.25) is 0 Å². The molecule has 2 aliphatic rings. The summed E-state index contributed by atoms with van der Waals surface area (Å²) in [5.74, 6) is 0.695. The highest BCUT2D eigenvalue weighted by Gasteiger charge is 2.51. The Bertz CT molecular complexity index is 651. The Morgan fingerprint density at radius 2 is 1.75 bits per heavy atom. The summed E-state index contributed by atoms with van der Waals surface area (Å²) in [6.07, 6.45) is -1.95. The quantitative estimate of drug-likeness (QED) is 0.875. The van der Waals surface area contributed by atoms with Crippen LogP contribution in [0.3, 0.4) is 0 Å². The summed E-state index contributed by atoms with van der Waals surface area (Å²) in [5, 5.41) is 14.2. The molecule has 2 aromatic rings. The first-order chi connectivity index (χ1) is 11.8. The second-order valence-corrected chi connectivity index (χ2v) is 6.15. The first-order valence-electron chi connectivity index (χ1n) is 8.25. The molecular weight excluding hydrogens is 306 g/mol. The third kappa shape index (κ3) is 3.16. The number of aliphatic hydroxyl groups excluding tert-OH is 1. The summed E-state index contributed by atoms with van der Waals surface area (Å²) in [4.78, 5) is 0. The van der Waals surface area contributed by atoms with E-state index < -0.39 is 18.5 Å². The zero-order valence-electron chi connectivity index (χ0n) is 13.2. The largest absolute Gasteiger partial charge is 0.482 e. The number of aliphatic hydroxyl groups is 1. The van der Waals surface area contributed by atoms with Crippen LogP contribution in [0.4, 0.5) is 0 Å². The van der Waals surface area contributed by atoms with E-state index in [-0.39, 0.29) is 12.1 Å². The molecule has 0 amide bonds. The fourth-order valence-corrected chi connectivity index (χ4v) is 3.25. The molecule has 0 saturated carbocycles. The van der Waals surface area contributed by atoms with Gasteiger partial charge in [-0.1, -0.05) is 48.5 Å². The van der Waals surface area contributed by atoms with Gasteiger partial charge >= 0.3 is 0 Å². The van der Waals surface area contributed by atoms with Gasteiger partial charge in [0.1, 0.15) is 18.0 Å². The molecule has 2 bridgehead atoms. The van der Waals surface area contributed by atoms with Crippen LogP contribution in [0.5, 0.6) is 5.75 Å². The third-order valence-corrected chi connectivity index (χ3v) is 4.51. The van der Waals surface area contributed by atoms with E-state index in [2.05, 4.69) is 17.4 Å². The Morgan fingerprint density at radius 1 is 1.04 bits per heavy atom. The van der Waals surface area contributed by atoms with Gasteiger partial charge in [0.15, 0.2) is 12.4 Å². The molecule has 2 aromatic carbocycles. The van der Waals surface area contributed by atoms with Crippen molar-refractivity contribution in [3.8, 4) is 5.75 Å². The second-order valence-electron chi connectivity index (χ2n) is 6.15. The zero-order chi connectivity index (χ0) is 16.4. The smallest absolute Gasteiger partial charge is 0.197 e. The standard InChI is InChI=1S/C19H21NO4/c21-17-16(20-11-13-7-3-1-4-8-13)15-12-22-19(24-15)18(17)23-14-9-5-2-6-10-14/h1-10,15-21H,11-12H2/t15-,16-,17-,18+,19+/m0/s1. The van der Waals surface area contributed by atoms with E-state index >= 15 is 0 Å². The monoisotopic (exact) mass is 327 g/mol. The van der Waals surface area contributed by atoms with Gasteiger partial charge in [-0.15, -0.1) is 0 Å². The van der Waals surface area contributed by atoms with Crippen molar-refractivity contribution in [1.29, 1.82) is 0 Å². The Morgan fingerprint density at radius 3 is 2.50 bits per heavy atom. The van der Waals surface area contributed by atoms with Crippen LogP contribution in [-0.4, -0.2) is 42.4 Å². The molecule has 2 fully saturated rings. The summed E-state index contributed by atoms with van der Waals surface area (Å²) in [6.45, 7) is 1.12. The van der Waals surface area contributed by atoms with Crippen LogP contribution in [0.15, 0.2) is 60.7 Å². The van der Waals surface area contributed by atoms with Crippen molar-refractivity contribution in [2.24, 2.45) is 0 Å². The van der Waals surface area contributed by atoms with Crippen LogP contribution in [0.1, 0.15) is 5.56 Å². The Balaban J connectivity index is 1.46. The summed E-state index contributed by atoms with van der Waals surface area (Å²) in [6, 6.07) is 19.3. The van der Waals surface area contributed by atoms with Gasteiger partial charge in [0.25, 0.3) is 0 Å². The van der Waals surface area contributed by atoms with E-state index in [1.807, 2.05) is 48.5 Å². The van der Waals surface area contributed by atoms with E-state index in [4.69, 9.17) is 14.2 Å². The number of hydrogen-bond donors (Lipinski definition) is 2. The number of rotatable bonds is 5. The Hall–Kier alpha value is -1.92.